The molecule has 1 amide bonds. The zero-order valence-electron chi connectivity index (χ0n) is 9.61. The average Bonchev–Trinajstić information content (AvgIpc) is 2.83. The Morgan fingerprint density at radius 2 is 1.95 bits per heavy atom. The molecule has 0 atom stereocenters. The normalized spacial score (nSPS) is 10.6. The maximum atomic E-state index is 11.9. The van der Waals surface area contributed by atoms with Gasteiger partial charge in [0.15, 0.2) is 0 Å². The van der Waals surface area contributed by atoms with Crippen molar-refractivity contribution < 1.29 is 13.2 Å². The first kappa shape index (κ1) is 15.0. The molecule has 0 fully saturated rings. The van der Waals surface area contributed by atoms with Crippen LogP contribution in [0.2, 0.25) is 0 Å². The van der Waals surface area contributed by atoms with Crippen molar-refractivity contribution >= 4 is 38.0 Å². The molecule has 1 aromatic carbocycles. The van der Waals surface area contributed by atoms with Crippen molar-refractivity contribution in [2.45, 2.75) is 4.21 Å². The Morgan fingerprint density at radius 1 is 1.32 bits per heavy atom. The maximum absolute atomic E-state index is 11.9. The van der Waals surface area contributed by atoms with E-state index in [0.29, 0.717) is 5.39 Å². The second-order valence-corrected chi connectivity index (χ2v) is 6.24. The van der Waals surface area contributed by atoms with Gasteiger partial charge in [0.2, 0.25) is 5.91 Å². The van der Waals surface area contributed by atoms with Gasteiger partial charge in [-0.2, -0.15) is 0 Å². The number of primary amides is 1. The third kappa shape index (κ3) is 3.47. The number of benzene rings is 1. The van der Waals surface area contributed by atoms with Crippen LogP contribution in [0.4, 0.5) is 0 Å². The zero-order chi connectivity index (χ0) is 14.5. The van der Waals surface area contributed by atoms with Gasteiger partial charge in [0, 0.05) is 16.2 Å². The summed E-state index contributed by atoms with van der Waals surface area (Å²) in [6, 6.07) is 7.16. The lowest BCUT2D eigenvalue weighted by Gasteiger charge is -2.02. The SMILES string of the molecule is N#N.NC(=O)CNS(=O)(=O)c1scc2ccccc12. The molecule has 0 aliphatic rings. The van der Waals surface area contributed by atoms with Gasteiger partial charge in [-0.3, -0.25) is 4.79 Å². The van der Waals surface area contributed by atoms with Crippen LogP contribution < -0.4 is 10.5 Å². The monoisotopic (exact) mass is 298 g/mol. The van der Waals surface area contributed by atoms with Crippen molar-refractivity contribution in [1.82, 2.24) is 4.72 Å². The van der Waals surface area contributed by atoms with Crippen molar-refractivity contribution in [2.75, 3.05) is 6.54 Å². The highest BCUT2D eigenvalue weighted by Crippen LogP contribution is 2.29. The number of carbonyl (C=O) groups excluding carboxylic acids is 1. The number of fused-ring (bicyclic) bond motifs is 1. The molecule has 1 heterocycles. The summed E-state index contributed by atoms with van der Waals surface area (Å²) in [4.78, 5) is 10.6. The van der Waals surface area contributed by atoms with Crippen molar-refractivity contribution in [1.29, 1.82) is 10.8 Å². The van der Waals surface area contributed by atoms with Gasteiger partial charge in [-0.25, -0.2) is 13.1 Å². The Bertz CT molecular complexity index is 706. The minimum Gasteiger partial charge on any atom is -0.369 e. The molecule has 0 bridgehead atoms. The standard InChI is InChI=1S/C10H10N2O3S2.N2/c11-9(13)5-12-17(14,15)10-8-4-2-1-3-7(8)6-16-10;1-2/h1-4,6,12H,5H2,(H2,11,13);. The first-order valence-electron chi connectivity index (χ1n) is 4.95. The van der Waals surface area contributed by atoms with Crippen molar-refractivity contribution in [2.24, 2.45) is 5.73 Å². The molecule has 100 valence electrons. The molecule has 0 aliphatic heterocycles. The van der Waals surface area contributed by atoms with Gasteiger partial charge in [0.1, 0.15) is 4.21 Å². The third-order valence-electron chi connectivity index (χ3n) is 2.15. The minimum atomic E-state index is -3.67. The minimum absolute atomic E-state index is 0.203. The van der Waals surface area contributed by atoms with Crippen molar-refractivity contribution in [3.05, 3.63) is 29.6 Å². The Kier molecular flexibility index (Phi) is 4.94. The molecule has 0 radical (unpaired) electrons. The van der Waals surface area contributed by atoms with Gasteiger partial charge >= 0.3 is 0 Å². The van der Waals surface area contributed by atoms with Gasteiger partial charge in [-0.1, -0.05) is 24.3 Å². The number of sulfonamides is 1. The molecule has 19 heavy (non-hydrogen) atoms. The van der Waals surface area contributed by atoms with E-state index in [1.54, 1.807) is 17.5 Å². The van der Waals surface area contributed by atoms with Crippen LogP contribution >= 0.6 is 11.3 Å². The van der Waals surface area contributed by atoms with Gasteiger partial charge in [0.05, 0.1) is 6.54 Å². The molecule has 2 aromatic rings. The number of carbonyl (C=O) groups is 1. The van der Waals surface area contributed by atoms with Gasteiger partial charge < -0.3 is 5.73 Å². The molecule has 0 saturated heterocycles. The van der Waals surface area contributed by atoms with Crippen LogP contribution in [0.15, 0.2) is 33.9 Å². The predicted octanol–water partition coefficient (Wildman–Crippen LogP) is 0.695. The molecule has 9 heteroatoms. The third-order valence-corrected chi connectivity index (χ3v) is 5.14. The van der Waals surface area contributed by atoms with E-state index in [1.165, 1.54) is 0 Å². The second kappa shape index (κ2) is 6.24. The number of nitrogens with one attached hydrogen (secondary N) is 1. The fourth-order valence-corrected chi connectivity index (χ4v) is 3.92. The van der Waals surface area contributed by atoms with E-state index in [1.807, 2.05) is 12.1 Å². The van der Waals surface area contributed by atoms with Crippen LogP contribution in [0.1, 0.15) is 0 Å². The summed E-state index contributed by atoms with van der Waals surface area (Å²) in [6.07, 6.45) is 0. The molecule has 0 spiro atoms. The van der Waals surface area contributed by atoms with Gasteiger partial charge in [0.25, 0.3) is 10.0 Å². The topological polar surface area (TPSA) is 137 Å². The maximum Gasteiger partial charge on any atom is 0.251 e. The quantitative estimate of drug-likeness (QED) is 0.800. The largest absolute Gasteiger partial charge is 0.369 e. The molecule has 7 nitrogen and oxygen atoms in total. The number of nitrogens with two attached hydrogens (primary N) is 1. The highest BCUT2D eigenvalue weighted by Gasteiger charge is 2.19. The highest BCUT2D eigenvalue weighted by atomic mass is 32.2. The molecule has 1 aromatic heterocycles. The predicted molar refractivity (Wildman–Crippen MR) is 69.7 cm³/mol. The summed E-state index contributed by atoms with van der Waals surface area (Å²) in [5.41, 5.74) is 4.90. The number of rotatable bonds is 4. The lowest BCUT2D eigenvalue weighted by atomic mass is 10.2. The van der Waals surface area contributed by atoms with Crippen LogP contribution in [-0.4, -0.2) is 20.9 Å². The van der Waals surface area contributed by atoms with Crippen molar-refractivity contribution in [3.63, 3.8) is 0 Å². The van der Waals surface area contributed by atoms with E-state index in [-0.39, 0.29) is 4.21 Å². The van der Waals surface area contributed by atoms with E-state index >= 15 is 0 Å². The fraction of sp³-hybridized carbons (Fsp3) is 0.100. The van der Waals surface area contributed by atoms with Crippen LogP contribution in [-0.2, 0) is 14.8 Å². The summed E-state index contributed by atoms with van der Waals surface area (Å²) < 4.78 is 26.2. The number of nitrogens with zero attached hydrogens (tertiary/aromatic N) is 2. The Balaban J connectivity index is 0.000000861. The first-order valence-corrected chi connectivity index (χ1v) is 7.31. The highest BCUT2D eigenvalue weighted by molar-refractivity contribution is 7.91. The number of amides is 1. The van der Waals surface area contributed by atoms with Crippen LogP contribution in [0.5, 0.6) is 0 Å². The molecule has 2 rings (SSSR count). The smallest absolute Gasteiger partial charge is 0.251 e. The Hall–Kier alpha value is -2.02. The Labute approximate surface area is 113 Å². The second-order valence-electron chi connectivity index (χ2n) is 3.40. The van der Waals surface area contributed by atoms with E-state index in [9.17, 15) is 13.2 Å². The first-order chi connectivity index (χ1) is 9.00. The van der Waals surface area contributed by atoms with Crippen molar-refractivity contribution in [3.8, 4) is 0 Å². The Morgan fingerprint density at radius 3 is 2.58 bits per heavy atom. The number of hydrogen-bond donors (Lipinski definition) is 2. The van der Waals surface area contributed by atoms with E-state index in [2.05, 4.69) is 4.72 Å². The van der Waals surface area contributed by atoms with E-state index in [0.717, 1.165) is 16.7 Å². The lowest BCUT2D eigenvalue weighted by Crippen LogP contribution is -2.32. The average molecular weight is 298 g/mol. The molecule has 0 unspecified atom stereocenters. The molecular formula is C10H10N4O3S2. The van der Waals surface area contributed by atoms with E-state index < -0.39 is 22.5 Å². The molecule has 3 N–H and O–H groups in total. The van der Waals surface area contributed by atoms with E-state index in [4.69, 9.17) is 16.5 Å². The summed E-state index contributed by atoms with van der Waals surface area (Å²) in [5.74, 6) is -0.713. The van der Waals surface area contributed by atoms with Crippen LogP contribution in [0.3, 0.4) is 0 Å². The molecule has 0 aliphatic carbocycles. The number of thiophene rings is 1. The summed E-state index contributed by atoms with van der Waals surface area (Å²) in [7, 11) is -3.67. The summed E-state index contributed by atoms with van der Waals surface area (Å²) in [5, 5.41) is 15.3. The fourth-order valence-electron chi connectivity index (χ4n) is 1.41. The molecular weight excluding hydrogens is 288 g/mol. The van der Waals surface area contributed by atoms with Crippen LogP contribution in [0, 0.1) is 10.8 Å². The molecule has 0 saturated carbocycles. The lowest BCUT2D eigenvalue weighted by molar-refractivity contribution is -0.116. The number of hydrogen-bond acceptors (Lipinski definition) is 6. The summed E-state index contributed by atoms with van der Waals surface area (Å²) >= 11 is 1.12. The van der Waals surface area contributed by atoms with Gasteiger partial charge in [-0.05, 0) is 10.8 Å². The summed E-state index contributed by atoms with van der Waals surface area (Å²) in [6.45, 7) is -0.394. The van der Waals surface area contributed by atoms with Crippen LogP contribution in [0.25, 0.3) is 10.8 Å². The van der Waals surface area contributed by atoms with Gasteiger partial charge in [-0.15, -0.1) is 11.3 Å². The zero-order valence-corrected chi connectivity index (χ0v) is 11.2.